The fourth-order valence-corrected chi connectivity index (χ4v) is 7.56. The molecule has 1 aromatic rings. The molecule has 0 unspecified atom stereocenters. The van der Waals surface area contributed by atoms with Gasteiger partial charge in [0.2, 0.25) is 17.7 Å². The minimum atomic E-state index is -0.928. The van der Waals surface area contributed by atoms with Crippen molar-refractivity contribution < 1.29 is 33.4 Å². The highest BCUT2D eigenvalue weighted by atomic mass is 32.1. The number of rotatable bonds is 20. The summed E-state index contributed by atoms with van der Waals surface area (Å²) in [6, 6.07) is 7.78. The van der Waals surface area contributed by atoms with Crippen LogP contribution in [0.1, 0.15) is 79.7 Å². The van der Waals surface area contributed by atoms with Crippen molar-refractivity contribution in [2.75, 3.05) is 42.0 Å². The van der Waals surface area contributed by atoms with Gasteiger partial charge in [0.15, 0.2) is 0 Å². The molecule has 3 amide bonds. The van der Waals surface area contributed by atoms with Gasteiger partial charge in [-0.1, -0.05) is 83.6 Å². The molecule has 1 saturated heterocycles. The first-order chi connectivity index (χ1) is 24.5. The zero-order chi connectivity index (χ0) is 39.3. The monoisotopic (exact) mass is 747 g/mol. The highest BCUT2D eigenvalue weighted by molar-refractivity contribution is 7.80. The number of imide groups is 1. The first kappa shape index (κ1) is 45.2. The predicted molar refractivity (Wildman–Crippen MR) is 208 cm³/mol. The largest absolute Gasteiger partial charge is 0.467 e. The van der Waals surface area contributed by atoms with E-state index in [1.807, 2.05) is 68.0 Å². The molecule has 8 atom stereocenters. The minimum Gasteiger partial charge on any atom is -0.467 e. The third kappa shape index (κ3) is 11.8. The number of carbonyl (C=O) groups excluding carboxylic acids is 4. The van der Waals surface area contributed by atoms with Crippen molar-refractivity contribution in [3.05, 3.63) is 35.9 Å². The van der Waals surface area contributed by atoms with Gasteiger partial charge in [-0.05, 0) is 58.2 Å². The molecule has 0 aliphatic carbocycles. The quantitative estimate of drug-likeness (QED) is 0.133. The minimum absolute atomic E-state index is 0.0597. The van der Waals surface area contributed by atoms with E-state index in [4.69, 9.17) is 26.4 Å². The van der Waals surface area contributed by atoms with Gasteiger partial charge in [0.1, 0.15) is 6.04 Å². The number of nitrogens with zero attached hydrogens (tertiary/aromatic N) is 2. The third-order valence-electron chi connectivity index (χ3n) is 10.8. The van der Waals surface area contributed by atoms with E-state index in [0.717, 1.165) is 24.8 Å². The lowest BCUT2D eigenvalue weighted by atomic mass is 9.87. The highest BCUT2D eigenvalue weighted by Crippen LogP contribution is 2.30. The summed E-state index contributed by atoms with van der Waals surface area (Å²) in [5.74, 6) is -1.68. The second-order valence-corrected chi connectivity index (χ2v) is 15.4. The molecule has 0 radical (unpaired) electrons. The Kier molecular flexibility index (Phi) is 18.3. The zero-order valence-electron chi connectivity index (χ0n) is 33.5. The molecular weight excluding hydrogens is 683 g/mol. The summed E-state index contributed by atoms with van der Waals surface area (Å²) in [5.41, 5.74) is 0.0414. The highest BCUT2D eigenvalue weighted by Gasteiger charge is 2.43. The Balaban J connectivity index is 2.29. The first-order valence-corrected chi connectivity index (χ1v) is 18.9. The van der Waals surface area contributed by atoms with Crippen LogP contribution in [0.2, 0.25) is 0 Å². The molecule has 0 saturated carbocycles. The van der Waals surface area contributed by atoms with Crippen molar-refractivity contribution >= 4 is 40.9 Å². The van der Waals surface area contributed by atoms with Crippen molar-refractivity contribution in [1.82, 2.24) is 25.8 Å². The SMILES string of the molecule is CC[C@H](C)[C@@H]([C@@H](CC(=O)N1CCC[C@H]1[C@H](OC)[C@@H](C)C(=S)N[C@@H](Cc1ccccc1)C(=O)OC)OC)N(C)[C@H](C(=O)NC(=O)C(C)(C)NC)C(C)C. The van der Waals surface area contributed by atoms with Gasteiger partial charge in [-0.2, -0.15) is 0 Å². The van der Waals surface area contributed by atoms with Gasteiger partial charge in [0, 0.05) is 39.1 Å². The fraction of sp³-hybridized carbons (Fsp3) is 0.718. The van der Waals surface area contributed by atoms with E-state index in [2.05, 4.69) is 29.8 Å². The molecule has 1 fully saturated rings. The van der Waals surface area contributed by atoms with Gasteiger partial charge in [0.05, 0.1) is 48.3 Å². The number of hydrogen-bond donors (Lipinski definition) is 3. The Hall–Kier alpha value is -2.97. The number of methoxy groups -OCH3 is 3. The molecule has 13 heteroatoms. The molecule has 52 heavy (non-hydrogen) atoms. The van der Waals surface area contributed by atoms with Crippen LogP contribution in [0.15, 0.2) is 30.3 Å². The fourth-order valence-electron chi connectivity index (χ4n) is 7.28. The summed E-state index contributed by atoms with van der Waals surface area (Å²) in [6.45, 7) is 14.0. The second-order valence-electron chi connectivity index (χ2n) is 15.0. The van der Waals surface area contributed by atoms with Crippen LogP contribution in [0.3, 0.4) is 0 Å². The Morgan fingerprint density at radius 1 is 1.04 bits per heavy atom. The Bertz CT molecular complexity index is 1330. The van der Waals surface area contributed by atoms with E-state index in [0.29, 0.717) is 18.0 Å². The van der Waals surface area contributed by atoms with Gasteiger partial charge in [0.25, 0.3) is 0 Å². The maximum Gasteiger partial charge on any atom is 0.328 e. The van der Waals surface area contributed by atoms with E-state index < -0.39 is 41.7 Å². The summed E-state index contributed by atoms with van der Waals surface area (Å²) >= 11 is 5.85. The van der Waals surface area contributed by atoms with Crippen LogP contribution in [-0.4, -0.2) is 122 Å². The zero-order valence-corrected chi connectivity index (χ0v) is 34.3. The molecule has 12 nitrogen and oxygen atoms in total. The molecule has 1 aliphatic rings. The van der Waals surface area contributed by atoms with Crippen LogP contribution in [0, 0.1) is 17.8 Å². The van der Waals surface area contributed by atoms with E-state index in [-0.39, 0.29) is 48.1 Å². The van der Waals surface area contributed by atoms with Crippen LogP contribution in [-0.2, 0) is 39.8 Å². The van der Waals surface area contributed by atoms with Crippen LogP contribution < -0.4 is 16.0 Å². The average molecular weight is 748 g/mol. The normalized spacial score (nSPS) is 19.0. The maximum atomic E-state index is 14.2. The Morgan fingerprint density at radius 3 is 2.19 bits per heavy atom. The summed E-state index contributed by atoms with van der Waals surface area (Å²) < 4.78 is 17.2. The average Bonchev–Trinajstić information content (AvgIpc) is 3.60. The first-order valence-electron chi connectivity index (χ1n) is 18.5. The van der Waals surface area contributed by atoms with Crippen molar-refractivity contribution in [3.8, 4) is 0 Å². The smallest absolute Gasteiger partial charge is 0.328 e. The molecule has 0 aromatic heterocycles. The number of ether oxygens (including phenoxy) is 3. The standard InChI is InChI=1S/C39H65N5O7S/c1-13-25(4)33(43(9)32(24(2)3)35(46)42-38(48)39(6,7)40-8)30(49-10)23-31(45)44-21-17-20-29(44)34(50-11)26(5)36(52)41-28(37(47)51-12)22-27-18-15-14-16-19-27/h14-16,18-19,24-26,28-30,32-34,40H,13,17,20-23H2,1-12H3,(H,41,52)(H,42,46,48)/t25-,26+,28-,29-,30+,32-,33-,34+/m0/s1. The number of amides is 3. The van der Waals surface area contributed by atoms with E-state index in [1.54, 1.807) is 35.1 Å². The van der Waals surface area contributed by atoms with Gasteiger partial charge in [-0.15, -0.1) is 0 Å². The Morgan fingerprint density at radius 2 is 1.67 bits per heavy atom. The number of thiocarbonyl (C=S) groups is 1. The predicted octanol–water partition coefficient (Wildman–Crippen LogP) is 3.75. The topological polar surface area (TPSA) is 139 Å². The van der Waals surface area contributed by atoms with Crippen molar-refractivity contribution in [1.29, 1.82) is 0 Å². The van der Waals surface area contributed by atoms with Gasteiger partial charge in [-0.25, -0.2) is 4.79 Å². The molecule has 0 bridgehead atoms. The molecule has 1 aliphatic heterocycles. The number of likely N-dealkylation sites (N-methyl/N-ethyl adjacent to an activating group) is 2. The second kappa shape index (κ2) is 21.1. The molecule has 0 spiro atoms. The van der Waals surface area contributed by atoms with Gasteiger partial charge in [-0.3, -0.25) is 24.6 Å². The lowest BCUT2D eigenvalue weighted by Crippen LogP contribution is -2.61. The third-order valence-corrected chi connectivity index (χ3v) is 11.3. The number of nitrogens with one attached hydrogen (secondary N) is 3. The summed E-state index contributed by atoms with van der Waals surface area (Å²) in [6.07, 6.45) is 1.87. The number of carbonyl (C=O) groups is 4. The van der Waals surface area contributed by atoms with Crippen molar-refractivity contribution in [2.24, 2.45) is 17.8 Å². The number of esters is 1. The number of likely N-dealkylation sites (tertiary alicyclic amines) is 1. The summed E-state index contributed by atoms with van der Waals surface area (Å²) in [5, 5.41) is 8.78. The lowest BCUT2D eigenvalue weighted by molar-refractivity contribution is -0.143. The Labute approximate surface area is 317 Å². The van der Waals surface area contributed by atoms with E-state index in [1.165, 1.54) is 7.11 Å². The lowest BCUT2D eigenvalue weighted by Gasteiger charge is -2.43. The van der Waals surface area contributed by atoms with Gasteiger partial charge >= 0.3 is 5.97 Å². The number of hydrogen-bond acceptors (Lipinski definition) is 10. The molecule has 1 aromatic carbocycles. The number of benzene rings is 1. The van der Waals surface area contributed by atoms with Crippen molar-refractivity contribution in [3.63, 3.8) is 0 Å². The van der Waals surface area contributed by atoms with Crippen LogP contribution >= 0.6 is 12.2 Å². The van der Waals surface area contributed by atoms with Crippen molar-refractivity contribution in [2.45, 2.75) is 122 Å². The maximum absolute atomic E-state index is 14.2. The summed E-state index contributed by atoms with van der Waals surface area (Å²) in [4.78, 5) is 57.9. The molecule has 2 rings (SSSR count). The van der Waals surface area contributed by atoms with E-state index >= 15 is 0 Å². The molecule has 3 N–H and O–H groups in total. The van der Waals surface area contributed by atoms with Crippen LogP contribution in [0.25, 0.3) is 0 Å². The van der Waals surface area contributed by atoms with Crippen LogP contribution in [0.4, 0.5) is 0 Å². The molecule has 294 valence electrons. The van der Waals surface area contributed by atoms with Gasteiger partial charge < -0.3 is 29.7 Å². The van der Waals surface area contributed by atoms with E-state index in [9.17, 15) is 19.2 Å². The molecule has 1 heterocycles. The van der Waals surface area contributed by atoms with Crippen LogP contribution in [0.5, 0.6) is 0 Å². The summed E-state index contributed by atoms with van der Waals surface area (Å²) in [7, 11) is 8.13. The molecular formula is C39H65N5O7S.